The fourth-order valence-electron chi connectivity index (χ4n) is 1.56. The second kappa shape index (κ2) is 6.43. The largest absolute Gasteiger partial charge is 0.283 e. The van der Waals surface area contributed by atoms with Gasteiger partial charge >= 0.3 is 0 Å². The van der Waals surface area contributed by atoms with Crippen molar-refractivity contribution in [2.75, 3.05) is 6.26 Å². The summed E-state index contributed by atoms with van der Waals surface area (Å²) in [5.74, 6) is 0. The molecule has 0 saturated heterocycles. The van der Waals surface area contributed by atoms with Gasteiger partial charge in [-0.05, 0) is 30.5 Å². The third-order valence-corrected chi connectivity index (χ3v) is 4.90. The molecule has 0 saturated carbocycles. The quantitative estimate of drug-likeness (QED) is 0.636. The molecule has 0 fully saturated rings. The molecule has 104 valence electrons. The first-order valence-electron chi connectivity index (χ1n) is 5.73. The van der Waals surface area contributed by atoms with Crippen LogP contribution in [-0.4, -0.2) is 19.7 Å². The molecule has 0 atom stereocenters. The van der Waals surface area contributed by atoms with Gasteiger partial charge in [-0.3, -0.25) is 0 Å². The van der Waals surface area contributed by atoms with Crippen molar-refractivity contribution in [3.63, 3.8) is 0 Å². The van der Waals surface area contributed by atoms with Gasteiger partial charge in [0.2, 0.25) is 0 Å². The lowest BCUT2D eigenvalue weighted by atomic mass is 10.2. The molecule has 2 aromatic rings. The van der Waals surface area contributed by atoms with Crippen LogP contribution in [0.5, 0.6) is 0 Å². The topological polar surface area (TPSA) is 46.5 Å². The first-order chi connectivity index (χ1) is 9.53. The monoisotopic (exact) mass is 325 g/mol. The molecule has 0 heterocycles. The molecule has 0 N–H and O–H groups in total. The SMILES string of the molecule is CSC(=NS(=O)(=O)c1ccc(Cl)cc1)c1ccccc1. The molecule has 0 unspecified atom stereocenters. The fourth-order valence-corrected chi connectivity index (χ4v) is 3.56. The normalized spacial score (nSPS) is 12.4. The average molecular weight is 326 g/mol. The van der Waals surface area contributed by atoms with Gasteiger partial charge in [-0.1, -0.05) is 41.9 Å². The van der Waals surface area contributed by atoms with Crippen LogP contribution in [-0.2, 0) is 10.0 Å². The van der Waals surface area contributed by atoms with E-state index in [1.54, 1.807) is 6.26 Å². The van der Waals surface area contributed by atoms with Gasteiger partial charge in [0.05, 0.1) is 4.90 Å². The Morgan fingerprint density at radius 2 is 1.65 bits per heavy atom. The molecule has 2 aromatic carbocycles. The summed E-state index contributed by atoms with van der Waals surface area (Å²) < 4.78 is 28.4. The van der Waals surface area contributed by atoms with Crippen molar-refractivity contribution in [2.45, 2.75) is 4.90 Å². The Morgan fingerprint density at radius 1 is 1.05 bits per heavy atom. The minimum Gasteiger partial charge on any atom is -0.199 e. The first-order valence-corrected chi connectivity index (χ1v) is 8.77. The highest BCUT2D eigenvalue weighted by Crippen LogP contribution is 2.19. The van der Waals surface area contributed by atoms with Gasteiger partial charge < -0.3 is 0 Å². The van der Waals surface area contributed by atoms with Crippen LogP contribution in [0.2, 0.25) is 5.02 Å². The maximum Gasteiger partial charge on any atom is 0.283 e. The molecule has 2 rings (SSSR count). The van der Waals surface area contributed by atoms with Crippen molar-refractivity contribution >= 4 is 38.4 Å². The van der Waals surface area contributed by atoms with E-state index in [4.69, 9.17) is 11.6 Å². The van der Waals surface area contributed by atoms with Gasteiger partial charge in [0.25, 0.3) is 10.0 Å². The van der Waals surface area contributed by atoms with Crippen LogP contribution in [0, 0.1) is 0 Å². The smallest absolute Gasteiger partial charge is 0.199 e. The van der Waals surface area contributed by atoms with Gasteiger partial charge in [-0.2, -0.15) is 12.8 Å². The van der Waals surface area contributed by atoms with Crippen molar-refractivity contribution in [2.24, 2.45) is 4.40 Å². The van der Waals surface area contributed by atoms with Crippen molar-refractivity contribution in [1.29, 1.82) is 0 Å². The number of halogens is 1. The molecule has 3 nitrogen and oxygen atoms in total. The van der Waals surface area contributed by atoms with E-state index in [2.05, 4.69) is 4.40 Å². The van der Waals surface area contributed by atoms with E-state index in [9.17, 15) is 8.42 Å². The van der Waals surface area contributed by atoms with E-state index < -0.39 is 10.0 Å². The summed E-state index contributed by atoms with van der Waals surface area (Å²) in [5.41, 5.74) is 0.775. The summed E-state index contributed by atoms with van der Waals surface area (Å²) >= 11 is 7.05. The van der Waals surface area contributed by atoms with Crippen molar-refractivity contribution in [3.8, 4) is 0 Å². The maximum atomic E-state index is 12.2. The van der Waals surface area contributed by atoms with E-state index in [1.165, 1.54) is 36.0 Å². The van der Waals surface area contributed by atoms with Crippen LogP contribution in [0.3, 0.4) is 0 Å². The summed E-state index contributed by atoms with van der Waals surface area (Å²) in [6, 6.07) is 15.2. The van der Waals surface area contributed by atoms with Crippen LogP contribution < -0.4 is 0 Å². The zero-order valence-corrected chi connectivity index (χ0v) is 13.0. The molecule has 0 amide bonds. The van der Waals surface area contributed by atoms with E-state index in [1.807, 2.05) is 30.3 Å². The molecule has 0 radical (unpaired) electrons. The van der Waals surface area contributed by atoms with Crippen LogP contribution in [0.25, 0.3) is 0 Å². The van der Waals surface area contributed by atoms with Crippen LogP contribution in [0.15, 0.2) is 63.9 Å². The Labute approximate surface area is 127 Å². The lowest BCUT2D eigenvalue weighted by Crippen LogP contribution is -2.03. The summed E-state index contributed by atoms with van der Waals surface area (Å²) in [6.45, 7) is 0. The van der Waals surface area contributed by atoms with Crippen LogP contribution >= 0.6 is 23.4 Å². The molecule has 0 aliphatic rings. The molecule has 6 heteroatoms. The zero-order valence-electron chi connectivity index (χ0n) is 10.7. The second-order valence-corrected chi connectivity index (χ2v) is 6.73. The molecule has 0 aliphatic heterocycles. The summed E-state index contributed by atoms with van der Waals surface area (Å²) in [5, 5.41) is 0.946. The fraction of sp³-hybridized carbons (Fsp3) is 0.0714. The maximum absolute atomic E-state index is 12.2. The van der Waals surface area contributed by atoms with E-state index in [0.29, 0.717) is 10.1 Å². The number of benzene rings is 2. The Balaban J connectivity index is 2.43. The number of thioether (sulfide) groups is 1. The van der Waals surface area contributed by atoms with Gasteiger partial charge in [0.1, 0.15) is 5.04 Å². The molecular formula is C14H12ClNO2S2. The average Bonchev–Trinajstić information content (AvgIpc) is 2.46. The zero-order chi connectivity index (χ0) is 14.6. The summed E-state index contributed by atoms with van der Waals surface area (Å²) in [6.07, 6.45) is 1.79. The summed E-state index contributed by atoms with van der Waals surface area (Å²) in [4.78, 5) is 0.129. The first kappa shape index (κ1) is 15.1. The van der Waals surface area contributed by atoms with Crippen molar-refractivity contribution in [1.82, 2.24) is 0 Å². The molecule has 0 bridgehead atoms. The number of hydrogen-bond acceptors (Lipinski definition) is 3. The highest BCUT2D eigenvalue weighted by molar-refractivity contribution is 8.14. The van der Waals surface area contributed by atoms with Gasteiger partial charge in [0.15, 0.2) is 0 Å². The van der Waals surface area contributed by atoms with Crippen LogP contribution in [0.1, 0.15) is 5.56 Å². The number of rotatable bonds is 3. The number of sulfonamides is 1. The van der Waals surface area contributed by atoms with Crippen molar-refractivity contribution < 1.29 is 8.42 Å². The Kier molecular flexibility index (Phi) is 4.86. The lowest BCUT2D eigenvalue weighted by Gasteiger charge is -2.04. The Morgan fingerprint density at radius 3 is 2.20 bits per heavy atom. The third-order valence-electron chi connectivity index (χ3n) is 2.53. The van der Waals surface area contributed by atoms with Crippen LogP contribution in [0.4, 0.5) is 0 Å². The van der Waals surface area contributed by atoms with E-state index >= 15 is 0 Å². The predicted molar refractivity (Wildman–Crippen MR) is 85.1 cm³/mol. The highest BCUT2D eigenvalue weighted by atomic mass is 35.5. The van der Waals surface area contributed by atoms with E-state index in [-0.39, 0.29) is 4.90 Å². The second-order valence-electron chi connectivity index (χ2n) is 3.90. The van der Waals surface area contributed by atoms with Crippen molar-refractivity contribution in [3.05, 3.63) is 65.2 Å². The Hall–Kier alpha value is -1.30. The summed E-state index contributed by atoms with van der Waals surface area (Å²) in [7, 11) is -3.73. The molecule has 20 heavy (non-hydrogen) atoms. The lowest BCUT2D eigenvalue weighted by molar-refractivity contribution is 0.598. The molecule has 0 aromatic heterocycles. The Bertz CT molecular complexity index is 711. The predicted octanol–water partition coefficient (Wildman–Crippen LogP) is 3.84. The standard InChI is InChI=1S/C14H12ClNO2S2/c1-19-14(11-5-3-2-4-6-11)16-20(17,18)13-9-7-12(15)8-10-13/h2-10H,1H3. The number of hydrogen-bond donors (Lipinski definition) is 0. The minimum atomic E-state index is -3.73. The third kappa shape index (κ3) is 3.62. The van der Waals surface area contributed by atoms with E-state index in [0.717, 1.165) is 5.56 Å². The van der Waals surface area contributed by atoms with Gasteiger partial charge in [-0.15, -0.1) is 11.8 Å². The minimum absolute atomic E-state index is 0.129. The molecule has 0 spiro atoms. The molecule has 0 aliphatic carbocycles. The molecular weight excluding hydrogens is 314 g/mol. The highest BCUT2D eigenvalue weighted by Gasteiger charge is 2.14. The van der Waals surface area contributed by atoms with Gasteiger partial charge in [0, 0.05) is 10.6 Å². The number of nitrogens with zero attached hydrogens (tertiary/aromatic N) is 1. The van der Waals surface area contributed by atoms with Gasteiger partial charge in [-0.25, -0.2) is 0 Å².